The highest BCUT2D eigenvalue weighted by Gasteiger charge is 2.19. The lowest BCUT2D eigenvalue weighted by molar-refractivity contribution is 1.51. The van der Waals surface area contributed by atoms with E-state index < -0.39 is 0 Å². The quantitative estimate of drug-likeness (QED) is 0.748. The molecule has 2 aromatic rings. The van der Waals surface area contributed by atoms with Gasteiger partial charge in [-0.05, 0) is 48.6 Å². The van der Waals surface area contributed by atoms with E-state index in [2.05, 4.69) is 33.8 Å². The minimum atomic E-state index is 0.456. The van der Waals surface area contributed by atoms with Gasteiger partial charge >= 0.3 is 0 Å². The number of fused-ring (bicyclic) bond motifs is 1. The molecule has 0 fully saturated rings. The lowest BCUT2D eigenvalue weighted by Gasteiger charge is -1.94. The van der Waals surface area contributed by atoms with Crippen molar-refractivity contribution < 1.29 is 0 Å². The van der Waals surface area contributed by atoms with E-state index in [1.54, 1.807) is 11.3 Å². The summed E-state index contributed by atoms with van der Waals surface area (Å²) in [4.78, 5) is 2.77. The van der Waals surface area contributed by atoms with E-state index in [4.69, 9.17) is 5.41 Å². The predicted molar refractivity (Wildman–Crippen MR) is 103 cm³/mol. The lowest BCUT2D eigenvalue weighted by Crippen LogP contribution is -2.04. The van der Waals surface area contributed by atoms with Crippen molar-refractivity contribution in [2.45, 2.75) is 27.7 Å². The second-order valence-electron chi connectivity index (χ2n) is 5.04. The fourth-order valence-electron chi connectivity index (χ4n) is 2.29. The molecule has 0 saturated heterocycles. The Morgan fingerprint density at radius 2 is 1.59 bits per heavy atom. The van der Waals surface area contributed by atoms with Crippen LogP contribution in [0.1, 0.15) is 25.0 Å². The van der Waals surface area contributed by atoms with Crippen molar-refractivity contribution >= 4 is 71.6 Å². The Morgan fingerprint density at radius 1 is 1.00 bits per heavy atom. The number of nitrogens with one attached hydrogen (secondary N) is 1. The van der Waals surface area contributed by atoms with Gasteiger partial charge < -0.3 is 5.41 Å². The van der Waals surface area contributed by atoms with E-state index in [1.165, 1.54) is 33.5 Å². The van der Waals surface area contributed by atoms with Gasteiger partial charge in [-0.1, -0.05) is 23.5 Å². The molecule has 0 radical (unpaired) electrons. The molecular weight excluding hydrogens is 348 g/mol. The van der Waals surface area contributed by atoms with Gasteiger partial charge in [-0.25, -0.2) is 0 Å². The van der Waals surface area contributed by atoms with Crippen molar-refractivity contribution in [2.75, 3.05) is 0 Å². The average molecular weight is 363 g/mol. The number of thiophene rings is 2. The van der Waals surface area contributed by atoms with Crippen LogP contribution in [0.4, 0.5) is 0 Å². The molecule has 0 aliphatic carbocycles. The molecule has 0 bridgehead atoms. The van der Waals surface area contributed by atoms with Crippen LogP contribution >= 0.6 is 46.2 Å². The maximum absolute atomic E-state index is 9.18. The van der Waals surface area contributed by atoms with Crippen LogP contribution < -0.4 is 9.06 Å². The summed E-state index contributed by atoms with van der Waals surface area (Å²) in [7, 11) is 0. The Labute approximate surface area is 145 Å². The van der Waals surface area contributed by atoms with Crippen LogP contribution in [0.3, 0.4) is 0 Å². The molecule has 0 atom stereocenters. The van der Waals surface area contributed by atoms with Gasteiger partial charge in [0.2, 0.25) is 0 Å². The second-order valence-corrected chi connectivity index (χ2v) is 9.79. The summed E-state index contributed by atoms with van der Waals surface area (Å²) in [6.45, 7) is 8.57. The van der Waals surface area contributed by atoms with E-state index >= 15 is 0 Å². The van der Waals surface area contributed by atoms with Crippen LogP contribution in [-0.4, -0.2) is 6.21 Å². The fourth-order valence-corrected chi connectivity index (χ4v) is 7.88. The number of rotatable bonds is 1. The van der Waals surface area contributed by atoms with Crippen LogP contribution in [0, 0.1) is 30.6 Å². The zero-order chi connectivity index (χ0) is 16.0. The Morgan fingerprint density at radius 3 is 2.09 bits per heavy atom. The van der Waals surface area contributed by atoms with Crippen molar-refractivity contribution in [3.05, 3.63) is 30.0 Å². The van der Waals surface area contributed by atoms with Gasteiger partial charge in [-0.15, -0.1) is 22.7 Å². The molecule has 1 aliphatic rings. The van der Waals surface area contributed by atoms with Gasteiger partial charge in [0.25, 0.3) is 0 Å². The van der Waals surface area contributed by atoms with Gasteiger partial charge in [0.05, 0.1) is 18.9 Å². The smallest absolute Gasteiger partial charge is 0.102 e. The number of nitrogens with zero attached hydrogens (tertiary/aromatic N) is 1. The fraction of sp³-hybridized carbons (Fsp3) is 0.250. The SMILES string of the molecule is CC1=C(C)SC(=c2sc3c(C)/c(=C(/C#N)C=N)sc3c2C)S1. The molecular formula is C16H14N2S4. The van der Waals surface area contributed by atoms with E-state index in [0.29, 0.717) is 5.57 Å². The maximum atomic E-state index is 9.18. The molecule has 2 aromatic heterocycles. The molecule has 3 heterocycles. The molecule has 0 spiro atoms. The van der Waals surface area contributed by atoms with Gasteiger partial charge in [0.15, 0.2) is 0 Å². The number of hydrogen-bond donors (Lipinski definition) is 1. The number of nitriles is 1. The van der Waals surface area contributed by atoms with Crippen LogP contribution in [0.2, 0.25) is 0 Å². The van der Waals surface area contributed by atoms with Gasteiger partial charge in [0, 0.05) is 15.6 Å². The number of hydrogen-bond acceptors (Lipinski definition) is 6. The zero-order valence-electron chi connectivity index (χ0n) is 12.7. The van der Waals surface area contributed by atoms with Crippen molar-refractivity contribution in [3.63, 3.8) is 0 Å². The van der Waals surface area contributed by atoms with Crippen LogP contribution in [0.25, 0.3) is 19.2 Å². The molecule has 1 aliphatic heterocycles. The summed E-state index contributed by atoms with van der Waals surface area (Å²) < 4.78 is 6.19. The minimum Gasteiger partial charge on any atom is -0.307 e. The first-order valence-electron chi connectivity index (χ1n) is 6.68. The van der Waals surface area contributed by atoms with Crippen LogP contribution in [-0.2, 0) is 0 Å². The maximum Gasteiger partial charge on any atom is 0.102 e. The molecule has 6 heteroatoms. The van der Waals surface area contributed by atoms with E-state index in [-0.39, 0.29) is 0 Å². The molecule has 0 saturated carbocycles. The van der Waals surface area contributed by atoms with Crippen LogP contribution in [0.5, 0.6) is 0 Å². The second kappa shape index (κ2) is 5.89. The standard InChI is InChI=1S/C16H14N2S4/c1-7-12(11(5-17)6-18)21-14-8(2)15(22-13(7)14)16-19-9(3)10(4)20-16/h5,17H,1-4H3/b12-11-,17-5?. The number of thioether (sulfide) groups is 2. The van der Waals surface area contributed by atoms with E-state index in [0.717, 1.165) is 16.3 Å². The Kier molecular flexibility index (Phi) is 4.25. The van der Waals surface area contributed by atoms with Crippen molar-refractivity contribution in [1.29, 1.82) is 10.7 Å². The molecule has 0 unspecified atom stereocenters. The lowest BCUT2D eigenvalue weighted by atomic mass is 10.2. The largest absolute Gasteiger partial charge is 0.307 e. The average Bonchev–Trinajstić information content (AvgIpc) is 3.10. The highest BCUT2D eigenvalue weighted by molar-refractivity contribution is 8.35. The van der Waals surface area contributed by atoms with Gasteiger partial charge in [-0.2, -0.15) is 5.26 Å². The summed E-state index contributed by atoms with van der Waals surface area (Å²) in [5.41, 5.74) is 2.89. The van der Waals surface area contributed by atoms with Crippen LogP contribution in [0.15, 0.2) is 9.81 Å². The van der Waals surface area contributed by atoms with Crippen molar-refractivity contribution in [2.24, 2.45) is 0 Å². The van der Waals surface area contributed by atoms with Gasteiger partial charge in [0.1, 0.15) is 6.07 Å². The highest BCUT2D eigenvalue weighted by atomic mass is 32.2. The third kappa shape index (κ3) is 2.37. The molecule has 3 rings (SSSR count). The summed E-state index contributed by atoms with van der Waals surface area (Å²) >= 11 is 7.19. The molecule has 0 aromatic carbocycles. The summed E-state index contributed by atoms with van der Waals surface area (Å²) in [6.07, 6.45) is 1.16. The molecule has 1 N–H and O–H groups in total. The number of allylic oxidation sites excluding steroid dienone is 2. The van der Waals surface area contributed by atoms with E-state index in [1.807, 2.05) is 34.9 Å². The summed E-state index contributed by atoms with van der Waals surface area (Å²) in [5, 5.41) is 16.6. The third-order valence-corrected chi connectivity index (χ3v) is 9.55. The van der Waals surface area contributed by atoms with Crippen molar-refractivity contribution in [1.82, 2.24) is 0 Å². The third-order valence-electron chi connectivity index (χ3n) is 3.66. The topological polar surface area (TPSA) is 47.6 Å². The molecule has 22 heavy (non-hydrogen) atoms. The monoisotopic (exact) mass is 362 g/mol. The highest BCUT2D eigenvalue weighted by Crippen LogP contribution is 2.49. The molecule has 112 valence electrons. The summed E-state index contributed by atoms with van der Waals surface area (Å²) in [5.74, 6) is 0. The normalized spacial score (nSPS) is 16.4. The minimum absolute atomic E-state index is 0.456. The number of aryl methyl sites for hydroxylation is 2. The van der Waals surface area contributed by atoms with Crippen molar-refractivity contribution in [3.8, 4) is 6.07 Å². The zero-order valence-corrected chi connectivity index (χ0v) is 15.9. The van der Waals surface area contributed by atoms with Gasteiger partial charge in [-0.3, -0.25) is 0 Å². The molecule has 0 amide bonds. The first-order chi connectivity index (χ1) is 10.5. The Balaban J connectivity index is 2.32. The molecule has 2 nitrogen and oxygen atoms in total. The first kappa shape index (κ1) is 15.9. The summed E-state index contributed by atoms with van der Waals surface area (Å²) in [6, 6.07) is 2.13. The Hall–Kier alpha value is -1.000. The predicted octanol–water partition coefficient (Wildman–Crippen LogP) is 4.70. The first-order valence-corrected chi connectivity index (χ1v) is 9.95. The Bertz CT molecular complexity index is 980. The van der Waals surface area contributed by atoms with E-state index in [9.17, 15) is 5.26 Å².